The number of oxazole rings is 1. The summed E-state index contributed by atoms with van der Waals surface area (Å²) in [5, 5.41) is 4.37. The van der Waals surface area contributed by atoms with E-state index in [2.05, 4.69) is 10.3 Å². The minimum atomic E-state index is 0.602. The molecule has 0 aliphatic heterocycles. The van der Waals surface area contributed by atoms with Crippen LogP contribution in [0.25, 0.3) is 11.0 Å². The Morgan fingerprint density at radius 1 is 1.17 bits per heavy atom. The number of hydrogen-bond acceptors (Lipinski definition) is 4. The monoisotopic (exact) mass is 242 g/mol. The van der Waals surface area contributed by atoms with Crippen LogP contribution in [0, 0.1) is 6.92 Å². The molecule has 0 spiro atoms. The van der Waals surface area contributed by atoms with Gasteiger partial charge in [0, 0.05) is 5.39 Å². The smallest absolute Gasteiger partial charge is 0.208 e. The highest BCUT2D eigenvalue weighted by Crippen LogP contribution is 2.18. The molecule has 0 aliphatic rings. The van der Waals surface area contributed by atoms with Gasteiger partial charge in [-0.25, -0.2) is 4.98 Å². The Morgan fingerprint density at radius 3 is 2.83 bits per heavy atom. The zero-order chi connectivity index (χ0) is 12.4. The van der Waals surface area contributed by atoms with Crippen LogP contribution in [-0.4, -0.2) is 4.98 Å². The van der Waals surface area contributed by atoms with Crippen molar-refractivity contribution < 1.29 is 8.83 Å². The summed E-state index contributed by atoms with van der Waals surface area (Å²) in [6.45, 7) is 3.15. The van der Waals surface area contributed by atoms with Gasteiger partial charge in [-0.05, 0) is 19.1 Å². The molecule has 18 heavy (non-hydrogen) atoms. The molecule has 4 nitrogen and oxygen atoms in total. The fourth-order valence-electron chi connectivity index (χ4n) is 1.90. The third kappa shape index (κ3) is 2.28. The molecular weight excluding hydrogens is 228 g/mol. The average Bonchev–Trinajstić information content (AvgIpc) is 2.95. The van der Waals surface area contributed by atoms with Crippen molar-refractivity contribution in [3.05, 3.63) is 53.9 Å². The fraction of sp³-hybridized carbons (Fsp3) is 0.214. The standard InChI is InChI=1S/C14H14N2O2/c1-10-7-16-14(17-10)9-15-8-12-6-11-4-2-3-5-13(11)18-12/h2-7,15H,8-9H2,1H3. The number of benzene rings is 1. The number of aryl methyl sites for hydroxylation is 1. The summed E-state index contributed by atoms with van der Waals surface area (Å²) in [4.78, 5) is 4.13. The van der Waals surface area contributed by atoms with Crippen LogP contribution >= 0.6 is 0 Å². The van der Waals surface area contributed by atoms with Gasteiger partial charge in [0.1, 0.15) is 17.1 Å². The van der Waals surface area contributed by atoms with E-state index in [9.17, 15) is 0 Å². The molecule has 0 bridgehead atoms. The number of aromatic nitrogens is 1. The summed E-state index contributed by atoms with van der Waals surface area (Å²) in [5.74, 6) is 2.44. The van der Waals surface area contributed by atoms with Gasteiger partial charge in [0.15, 0.2) is 0 Å². The lowest BCUT2D eigenvalue weighted by Gasteiger charge is -1.98. The van der Waals surface area contributed by atoms with Crippen molar-refractivity contribution in [2.45, 2.75) is 20.0 Å². The normalized spacial score (nSPS) is 11.2. The highest BCUT2D eigenvalue weighted by atomic mass is 16.4. The first-order valence-corrected chi connectivity index (χ1v) is 5.91. The molecule has 0 saturated heterocycles. The lowest BCUT2D eigenvalue weighted by molar-refractivity contribution is 0.436. The second kappa shape index (κ2) is 4.66. The maximum absolute atomic E-state index is 5.70. The maximum atomic E-state index is 5.70. The van der Waals surface area contributed by atoms with Crippen LogP contribution in [0.1, 0.15) is 17.4 Å². The molecule has 0 unspecified atom stereocenters. The minimum absolute atomic E-state index is 0.602. The van der Waals surface area contributed by atoms with E-state index >= 15 is 0 Å². The third-order valence-corrected chi connectivity index (χ3v) is 2.72. The van der Waals surface area contributed by atoms with Crippen LogP contribution in [-0.2, 0) is 13.1 Å². The lowest BCUT2D eigenvalue weighted by atomic mass is 10.2. The molecule has 1 N–H and O–H groups in total. The van der Waals surface area contributed by atoms with Crippen LogP contribution in [0.4, 0.5) is 0 Å². The largest absolute Gasteiger partial charge is 0.460 e. The van der Waals surface area contributed by atoms with Gasteiger partial charge in [0.25, 0.3) is 0 Å². The molecule has 0 saturated carbocycles. The van der Waals surface area contributed by atoms with E-state index in [0.29, 0.717) is 19.0 Å². The predicted octanol–water partition coefficient (Wildman–Crippen LogP) is 3.02. The molecule has 4 heteroatoms. The number of fused-ring (bicyclic) bond motifs is 1. The SMILES string of the molecule is Cc1cnc(CNCc2cc3ccccc3o2)o1. The zero-order valence-corrected chi connectivity index (χ0v) is 10.1. The Hall–Kier alpha value is -2.07. The molecule has 0 aliphatic carbocycles. The quantitative estimate of drug-likeness (QED) is 0.764. The molecule has 3 rings (SSSR count). The molecule has 0 amide bonds. The topological polar surface area (TPSA) is 51.2 Å². The van der Waals surface area contributed by atoms with E-state index in [-0.39, 0.29) is 0 Å². The van der Waals surface area contributed by atoms with E-state index in [1.165, 1.54) is 0 Å². The summed E-state index contributed by atoms with van der Waals surface area (Å²) < 4.78 is 11.1. The average molecular weight is 242 g/mol. The second-order valence-corrected chi connectivity index (χ2v) is 4.22. The first-order valence-electron chi connectivity index (χ1n) is 5.91. The van der Waals surface area contributed by atoms with Gasteiger partial charge in [0.2, 0.25) is 5.89 Å². The Balaban J connectivity index is 1.62. The number of para-hydroxylation sites is 1. The van der Waals surface area contributed by atoms with E-state index in [0.717, 1.165) is 22.5 Å². The predicted molar refractivity (Wildman–Crippen MR) is 68.0 cm³/mol. The van der Waals surface area contributed by atoms with Gasteiger partial charge in [-0.15, -0.1) is 0 Å². The summed E-state index contributed by atoms with van der Waals surface area (Å²) in [6, 6.07) is 10.0. The van der Waals surface area contributed by atoms with E-state index in [1.54, 1.807) is 6.20 Å². The van der Waals surface area contributed by atoms with Gasteiger partial charge in [-0.2, -0.15) is 0 Å². The van der Waals surface area contributed by atoms with Gasteiger partial charge in [-0.3, -0.25) is 0 Å². The molecule has 1 aromatic carbocycles. The maximum Gasteiger partial charge on any atom is 0.208 e. The molecule has 3 aromatic rings. The Kier molecular flexibility index (Phi) is 2.86. The first-order chi connectivity index (χ1) is 8.81. The fourth-order valence-corrected chi connectivity index (χ4v) is 1.90. The lowest BCUT2D eigenvalue weighted by Crippen LogP contribution is -2.12. The van der Waals surface area contributed by atoms with E-state index in [1.807, 2.05) is 37.3 Å². The number of rotatable bonds is 4. The molecule has 2 heterocycles. The number of nitrogens with one attached hydrogen (secondary N) is 1. The Bertz CT molecular complexity index is 621. The van der Waals surface area contributed by atoms with Crippen LogP contribution in [0.5, 0.6) is 0 Å². The van der Waals surface area contributed by atoms with E-state index < -0.39 is 0 Å². The van der Waals surface area contributed by atoms with Gasteiger partial charge in [-0.1, -0.05) is 18.2 Å². The summed E-state index contributed by atoms with van der Waals surface area (Å²) in [5.41, 5.74) is 0.918. The van der Waals surface area contributed by atoms with Crippen LogP contribution < -0.4 is 5.32 Å². The molecule has 92 valence electrons. The number of furan rings is 1. The molecule has 0 radical (unpaired) electrons. The van der Waals surface area contributed by atoms with Crippen molar-refractivity contribution >= 4 is 11.0 Å². The van der Waals surface area contributed by atoms with Gasteiger partial charge >= 0.3 is 0 Å². The van der Waals surface area contributed by atoms with Gasteiger partial charge in [0.05, 0.1) is 19.3 Å². The minimum Gasteiger partial charge on any atom is -0.460 e. The molecule has 2 aromatic heterocycles. The highest BCUT2D eigenvalue weighted by molar-refractivity contribution is 5.77. The first kappa shape index (κ1) is 11.0. The summed E-state index contributed by atoms with van der Waals surface area (Å²) >= 11 is 0. The van der Waals surface area contributed by atoms with Crippen molar-refractivity contribution in [1.82, 2.24) is 10.3 Å². The second-order valence-electron chi connectivity index (χ2n) is 4.22. The molecular formula is C14H14N2O2. The Labute approximate surface area is 105 Å². The molecule has 0 atom stereocenters. The van der Waals surface area contributed by atoms with Gasteiger partial charge < -0.3 is 14.2 Å². The van der Waals surface area contributed by atoms with Crippen molar-refractivity contribution in [2.75, 3.05) is 0 Å². The summed E-state index contributed by atoms with van der Waals surface area (Å²) in [7, 11) is 0. The third-order valence-electron chi connectivity index (χ3n) is 2.72. The van der Waals surface area contributed by atoms with E-state index in [4.69, 9.17) is 8.83 Å². The zero-order valence-electron chi connectivity index (χ0n) is 10.1. The van der Waals surface area contributed by atoms with Crippen LogP contribution in [0.3, 0.4) is 0 Å². The van der Waals surface area contributed by atoms with Crippen LogP contribution in [0.2, 0.25) is 0 Å². The van der Waals surface area contributed by atoms with Crippen molar-refractivity contribution in [1.29, 1.82) is 0 Å². The van der Waals surface area contributed by atoms with Crippen molar-refractivity contribution in [3.8, 4) is 0 Å². The van der Waals surface area contributed by atoms with Crippen molar-refractivity contribution in [3.63, 3.8) is 0 Å². The van der Waals surface area contributed by atoms with Crippen molar-refractivity contribution in [2.24, 2.45) is 0 Å². The summed E-state index contributed by atoms with van der Waals surface area (Å²) in [6.07, 6.45) is 1.72. The number of nitrogens with zero attached hydrogens (tertiary/aromatic N) is 1. The highest BCUT2D eigenvalue weighted by Gasteiger charge is 2.04. The number of hydrogen-bond donors (Lipinski definition) is 1. The molecule has 0 fully saturated rings. The van der Waals surface area contributed by atoms with Crippen LogP contribution in [0.15, 0.2) is 45.4 Å². The Morgan fingerprint density at radius 2 is 2.06 bits per heavy atom.